The van der Waals surface area contributed by atoms with Crippen LogP contribution < -0.4 is 9.80 Å². The Bertz CT molecular complexity index is 1160. The Labute approximate surface area is 178 Å². The molecule has 0 unspecified atom stereocenters. The van der Waals surface area contributed by atoms with Crippen molar-refractivity contribution in [2.45, 2.75) is 13.8 Å². The third kappa shape index (κ3) is 3.30. The molecular weight excluding hydrogens is 368 g/mol. The van der Waals surface area contributed by atoms with Crippen LogP contribution >= 0.6 is 0 Å². The molecule has 0 bridgehead atoms. The van der Waals surface area contributed by atoms with Crippen molar-refractivity contribution in [3.63, 3.8) is 0 Å². The van der Waals surface area contributed by atoms with Gasteiger partial charge in [0, 0.05) is 36.6 Å². The fraction of sp³-hybridized carbons (Fsp3) is 0.154. The van der Waals surface area contributed by atoms with E-state index in [4.69, 9.17) is 0 Å². The van der Waals surface area contributed by atoms with Crippen LogP contribution in [0.3, 0.4) is 0 Å². The zero-order chi connectivity index (χ0) is 21.1. The third-order valence-electron chi connectivity index (χ3n) is 5.38. The molecule has 0 radical (unpaired) electrons. The highest BCUT2D eigenvalue weighted by molar-refractivity contribution is 6.09. The van der Waals surface area contributed by atoms with Gasteiger partial charge in [0.15, 0.2) is 0 Å². The van der Waals surface area contributed by atoms with Crippen LogP contribution in [0, 0.1) is 6.92 Å². The standard InChI is InChI=1S/C26H26N4/c1-5-24-22-12-8-7-11-21(22)23-15-14-20(16-26(23)30(24)18-28-4)29(17-27-3)25-13-9-6-10-19(25)2/h5-18H,1-4H3/b24-5-,27-17+,28-18+. The molecule has 4 nitrogen and oxygen atoms in total. The van der Waals surface area contributed by atoms with Gasteiger partial charge in [-0.25, -0.2) is 0 Å². The highest BCUT2D eigenvalue weighted by Gasteiger charge is 2.26. The predicted octanol–water partition coefficient (Wildman–Crippen LogP) is 6.30. The number of rotatable bonds is 4. The summed E-state index contributed by atoms with van der Waals surface area (Å²) >= 11 is 0. The molecule has 0 N–H and O–H groups in total. The summed E-state index contributed by atoms with van der Waals surface area (Å²) in [4.78, 5) is 12.9. The van der Waals surface area contributed by atoms with Crippen molar-refractivity contribution >= 4 is 35.4 Å². The highest BCUT2D eigenvalue weighted by atomic mass is 15.2. The first-order valence-corrected chi connectivity index (χ1v) is 10.1. The number of para-hydroxylation sites is 1. The Morgan fingerprint density at radius 3 is 2.27 bits per heavy atom. The maximum absolute atomic E-state index is 4.33. The third-order valence-corrected chi connectivity index (χ3v) is 5.38. The number of aliphatic imine (C=N–C) groups is 2. The van der Waals surface area contributed by atoms with E-state index < -0.39 is 0 Å². The van der Waals surface area contributed by atoms with Crippen LogP contribution in [0.2, 0.25) is 0 Å². The second-order valence-electron chi connectivity index (χ2n) is 7.19. The number of fused-ring (bicyclic) bond motifs is 3. The normalized spacial score (nSPS) is 14.4. The molecule has 0 atom stereocenters. The number of anilines is 3. The Kier molecular flexibility index (Phi) is 5.48. The van der Waals surface area contributed by atoms with Gasteiger partial charge in [0.05, 0.1) is 24.1 Å². The zero-order valence-electron chi connectivity index (χ0n) is 17.9. The van der Waals surface area contributed by atoms with E-state index in [1.165, 1.54) is 22.3 Å². The van der Waals surface area contributed by atoms with Crippen LogP contribution in [0.15, 0.2) is 82.8 Å². The van der Waals surface area contributed by atoms with E-state index >= 15 is 0 Å². The van der Waals surface area contributed by atoms with Gasteiger partial charge in [-0.15, -0.1) is 0 Å². The quantitative estimate of drug-likeness (QED) is 0.384. The lowest BCUT2D eigenvalue weighted by Crippen LogP contribution is -2.24. The van der Waals surface area contributed by atoms with E-state index in [1.54, 1.807) is 14.1 Å². The van der Waals surface area contributed by atoms with Gasteiger partial charge in [-0.3, -0.25) is 9.98 Å². The highest BCUT2D eigenvalue weighted by Crippen LogP contribution is 2.45. The van der Waals surface area contributed by atoms with Gasteiger partial charge in [0.2, 0.25) is 0 Å². The number of hydrogen-bond donors (Lipinski definition) is 0. The molecule has 4 rings (SSSR count). The van der Waals surface area contributed by atoms with E-state index in [-0.39, 0.29) is 0 Å². The largest absolute Gasteiger partial charge is 0.301 e. The summed E-state index contributed by atoms with van der Waals surface area (Å²) in [6, 6.07) is 23.5. The molecule has 4 heteroatoms. The summed E-state index contributed by atoms with van der Waals surface area (Å²) in [5.41, 5.74) is 9.24. The van der Waals surface area contributed by atoms with Crippen LogP contribution in [0.1, 0.15) is 18.1 Å². The maximum Gasteiger partial charge on any atom is 0.0937 e. The topological polar surface area (TPSA) is 31.2 Å². The molecule has 150 valence electrons. The Morgan fingerprint density at radius 2 is 1.57 bits per heavy atom. The molecular formula is C26H26N4. The number of hydrogen-bond acceptors (Lipinski definition) is 2. The molecule has 0 saturated carbocycles. The summed E-state index contributed by atoms with van der Waals surface area (Å²) in [6.45, 7) is 4.19. The number of nitrogens with zero attached hydrogens (tertiary/aromatic N) is 4. The van der Waals surface area contributed by atoms with Gasteiger partial charge in [0.25, 0.3) is 0 Å². The first-order valence-electron chi connectivity index (χ1n) is 10.1. The molecule has 1 heterocycles. The number of allylic oxidation sites excluding steroid dienone is 1. The Balaban J connectivity index is 1.94. The number of aryl methyl sites for hydroxylation is 1. The second kappa shape index (κ2) is 8.37. The average Bonchev–Trinajstić information content (AvgIpc) is 2.78. The molecule has 0 aromatic heterocycles. The van der Waals surface area contributed by atoms with E-state index in [1.807, 2.05) is 12.7 Å². The van der Waals surface area contributed by atoms with Crippen molar-refractivity contribution in [3.05, 3.63) is 83.9 Å². The fourth-order valence-corrected chi connectivity index (χ4v) is 4.05. The summed E-state index contributed by atoms with van der Waals surface area (Å²) in [7, 11) is 3.61. The Morgan fingerprint density at radius 1 is 0.833 bits per heavy atom. The van der Waals surface area contributed by atoms with Crippen molar-refractivity contribution in [1.29, 1.82) is 0 Å². The van der Waals surface area contributed by atoms with Crippen molar-refractivity contribution in [3.8, 4) is 11.1 Å². The van der Waals surface area contributed by atoms with Crippen molar-refractivity contribution in [2.24, 2.45) is 9.98 Å². The van der Waals surface area contributed by atoms with E-state index in [0.29, 0.717) is 0 Å². The van der Waals surface area contributed by atoms with Gasteiger partial charge in [-0.05, 0) is 43.2 Å². The lowest BCUT2D eigenvalue weighted by Gasteiger charge is -2.33. The van der Waals surface area contributed by atoms with Crippen molar-refractivity contribution < 1.29 is 0 Å². The lowest BCUT2D eigenvalue weighted by molar-refractivity contribution is 1.27. The molecule has 1 aliphatic heterocycles. The van der Waals surface area contributed by atoms with Gasteiger partial charge in [-0.1, -0.05) is 54.6 Å². The maximum atomic E-state index is 4.33. The van der Waals surface area contributed by atoms with E-state index in [9.17, 15) is 0 Å². The lowest BCUT2D eigenvalue weighted by atomic mass is 9.90. The minimum absolute atomic E-state index is 1.05. The first-order chi connectivity index (χ1) is 14.7. The van der Waals surface area contributed by atoms with Gasteiger partial charge in [-0.2, -0.15) is 0 Å². The van der Waals surface area contributed by atoms with E-state index in [2.05, 4.69) is 106 Å². The molecule has 30 heavy (non-hydrogen) atoms. The number of benzene rings is 3. The molecule has 0 amide bonds. The van der Waals surface area contributed by atoms with Crippen LogP contribution in [-0.2, 0) is 0 Å². The zero-order valence-corrected chi connectivity index (χ0v) is 17.9. The van der Waals surface area contributed by atoms with Crippen molar-refractivity contribution in [2.75, 3.05) is 23.9 Å². The van der Waals surface area contributed by atoms with Gasteiger partial charge in [0.1, 0.15) is 0 Å². The van der Waals surface area contributed by atoms with E-state index in [0.717, 1.165) is 22.8 Å². The molecule has 1 aliphatic rings. The SMILES string of the molecule is C/C=C1/c2ccccc2-c2ccc(N(/C=N/C)c3ccccc3C)cc2N1/C=N/C. The molecule has 3 aromatic carbocycles. The first kappa shape index (κ1) is 19.6. The molecule has 0 saturated heterocycles. The monoisotopic (exact) mass is 394 g/mol. The second-order valence-corrected chi connectivity index (χ2v) is 7.19. The minimum Gasteiger partial charge on any atom is -0.301 e. The summed E-state index contributed by atoms with van der Waals surface area (Å²) in [6.07, 6.45) is 5.90. The van der Waals surface area contributed by atoms with Crippen LogP contribution in [-0.4, -0.2) is 26.8 Å². The molecule has 0 spiro atoms. The summed E-state index contributed by atoms with van der Waals surface area (Å²) in [5, 5.41) is 0. The molecule has 0 aliphatic carbocycles. The fourth-order valence-electron chi connectivity index (χ4n) is 4.05. The average molecular weight is 395 g/mol. The Hall–Kier alpha value is -3.66. The predicted molar refractivity (Wildman–Crippen MR) is 130 cm³/mol. The van der Waals surface area contributed by atoms with Gasteiger partial charge >= 0.3 is 0 Å². The minimum atomic E-state index is 1.05. The van der Waals surface area contributed by atoms with Crippen LogP contribution in [0.4, 0.5) is 17.1 Å². The molecule has 0 fully saturated rings. The van der Waals surface area contributed by atoms with Crippen molar-refractivity contribution in [1.82, 2.24) is 0 Å². The molecule has 3 aromatic rings. The van der Waals surface area contributed by atoms with Crippen LogP contribution in [0.25, 0.3) is 16.8 Å². The van der Waals surface area contributed by atoms with Gasteiger partial charge < -0.3 is 9.80 Å². The van der Waals surface area contributed by atoms with Crippen LogP contribution in [0.5, 0.6) is 0 Å². The summed E-state index contributed by atoms with van der Waals surface area (Å²) in [5.74, 6) is 0. The smallest absolute Gasteiger partial charge is 0.0937 e. The summed E-state index contributed by atoms with van der Waals surface area (Å²) < 4.78 is 0.